The summed E-state index contributed by atoms with van der Waals surface area (Å²) in [5, 5.41) is 2.73. The summed E-state index contributed by atoms with van der Waals surface area (Å²) in [6, 6.07) is 9.85. The van der Waals surface area contributed by atoms with Crippen molar-refractivity contribution in [1.82, 2.24) is 0 Å². The zero-order chi connectivity index (χ0) is 14.0. The molecule has 1 amide bonds. The number of carbonyl (C=O) groups is 1. The Morgan fingerprint density at radius 3 is 2.63 bits per heavy atom. The first-order valence-corrected chi connectivity index (χ1v) is 7.09. The van der Waals surface area contributed by atoms with E-state index in [4.69, 9.17) is 0 Å². The van der Waals surface area contributed by atoms with Gasteiger partial charge in [0.25, 0.3) is 5.91 Å². The molecule has 2 nitrogen and oxygen atoms in total. The molecule has 2 aromatic carbocycles. The molecule has 2 aromatic rings. The molecule has 0 saturated carbocycles. The highest BCUT2D eigenvalue weighted by Gasteiger charge is 2.13. The lowest BCUT2D eigenvalue weighted by Gasteiger charge is -2.08. The third kappa shape index (κ3) is 3.22. The first-order valence-electron chi connectivity index (χ1n) is 5.50. The molecule has 0 aromatic heterocycles. The Bertz CT molecular complexity index is 643. The first kappa shape index (κ1) is 14.2. The second-order valence-corrected chi connectivity index (χ2v) is 5.67. The number of anilines is 1. The van der Waals surface area contributed by atoms with Crippen LogP contribution >= 0.6 is 31.9 Å². The van der Waals surface area contributed by atoms with E-state index in [0.717, 1.165) is 10.0 Å². The lowest BCUT2D eigenvalue weighted by Crippen LogP contribution is -2.13. The molecular weight excluding hydrogens is 377 g/mol. The highest BCUT2D eigenvalue weighted by Crippen LogP contribution is 2.24. The van der Waals surface area contributed by atoms with Crippen LogP contribution in [0, 0.1) is 12.7 Å². The van der Waals surface area contributed by atoms with Gasteiger partial charge in [-0.3, -0.25) is 4.79 Å². The molecule has 0 aliphatic carbocycles. The fourth-order valence-corrected chi connectivity index (χ4v) is 2.37. The number of benzene rings is 2. The lowest BCUT2D eigenvalue weighted by atomic mass is 10.2. The zero-order valence-corrected chi connectivity index (χ0v) is 13.2. The van der Waals surface area contributed by atoms with Crippen LogP contribution < -0.4 is 5.32 Å². The van der Waals surface area contributed by atoms with Gasteiger partial charge in [-0.25, -0.2) is 4.39 Å². The van der Waals surface area contributed by atoms with Crippen molar-refractivity contribution >= 4 is 43.5 Å². The topological polar surface area (TPSA) is 29.1 Å². The minimum Gasteiger partial charge on any atom is -0.322 e. The smallest absolute Gasteiger partial charge is 0.256 e. The molecule has 0 saturated heterocycles. The van der Waals surface area contributed by atoms with Crippen LogP contribution in [0.4, 0.5) is 10.1 Å². The summed E-state index contributed by atoms with van der Waals surface area (Å²) in [4.78, 5) is 12.1. The summed E-state index contributed by atoms with van der Waals surface area (Å²) >= 11 is 6.47. The number of halogens is 3. The second kappa shape index (κ2) is 5.84. The number of nitrogens with one attached hydrogen (secondary N) is 1. The van der Waals surface area contributed by atoms with Crippen molar-refractivity contribution in [2.24, 2.45) is 0 Å². The number of aryl methyl sites for hydroxylation is 1. The van der Waals surface area contributed by atoms with Gasteiger partial charge in [-0.2, -0.15) is 0 Å². The van der Waals surface area contributed by atoms with Crippen molar-refractivity contribution in [3.05, 3.63) is 62.3 Å². The van der Waals surface area contributed by atoms with Crippen LogP contribution in [0.3, 0.4) is 0 Å². The van der Waals surface area contributed by atoms with Crippen LogP contribution in [-0.4, -0.2) is 5.91 Å². The summed E-state index contributed by atoms with van der Waals surface area (Å²) in [7, 11) is 0. The molecule has 0 unspecified atom stereocenters. The summed E-state index contributed by atoms with van der Waals surface area (Å²) in [5.74, 6) is -0.820. The highest BCUT2D eigenvalue weighted by atomic mass is 79.9. The van der Waals surface area contributed by atoms with Crippen molar-refractivity contribution in [3.63, 3.8) is 0 Å². The van der Waals surface area contributed by atoms with Gasteiger partial charge in [-0.05, 0) is 52.7 Å². The van der Waals surface area contributed by atoms with Crippen LogP contribution in [0.25, 0.3) is 0 Å². The molecule has 0 aliphatic heterocycles. The molecule has 98 valence electrons. The van der Waals surface area contributed by atoms with Gasteiger partial charge in [0.05, 0.1) is 10.0 Å². The van der Waals surface area contributed by atoms with Gasteiger partial charge in [0, 0.05) is 10.2 Å². The van der Waals surface area contributed by atoms with Crippen molar-refractivity contribution in [2.45, 2.75) is 6.92 Å². The molecule has 19 heavy (non-hydrogen) atoms. The van der Waals surface area contributed by atoms with Crippen LogP contribution in [0.15, 0.2) is 45.3 Å². The van der Waals surface area contributed by atoms with E-state index >= 15 is 0 Å². The quantitative estimate of drug-likeness (QED) is 0.780. The van der Waals surface area contributed by atoms with E-state index in [2.05, 4.69) is 37.2 Å². The summed E-state index contributed by atoms with van der Waals surface area (Å²) < 4.78 is 14.4. The Kier molecular flexibility index (Phi) is 4.37. The standard InChI is InChI=1S/C14H10Br2FNO/c1-8-5-6-9(7-11(8)15)18-14(19)10-3-2-4-12(17)13(10)16/h2-7H,1H3,(H,18,19). The van der Waals surface area contributed by atoms with E-state index in [1.54, 1.807) is 18.2 Å². The fourth-order valence-electron chi connectivity index (χ4n) is 1.55. The molecular formula is C14H10Br2FNO. The molecule has 5 heteroatoms. The van der Waals surface area contributed by atoms with Crippen LogP contribution in [0.2, 0.25) is 0 Å². The Hall–Kier alpha value is -1.20. The molecule has 0 atom stereocenters. The minimum atomic E-state index is -0.460. The van der Waals surface area contributed by atoms with Gasteiger partial charge in [0.15, 0.2) is 0 Å². The predicted molar refractivity (Wildman–Crippen MR) is 80.9 cm³/mol. The molecule has 2 rings (SSSR count). The van der Waals surface area contributed by atoms with Crippen LogP contribution in [0.5, 0.6) is 0 Å². The van der Waals surface area contributed by atoms with E-state index in [1.807, 2.05) is 13.0 Å². The molecule has 1 N–H and O–H groups in total. The number of rotatable bonds is 2. The van der Waals surface area contributed by atoms with Gasteiger partial charge in [0.2, 0.25) is 0 Å². The third-order valence-electron chi connectivity index (χ3n) is 2.63. The maximum absolute atomic E-state index is 13.4. The second-order valence-electron chi connectivity index (χ2n) is 4.02. The molecule has 0 radical (unpaired) electrons. The van der Waals surface area contributed by atoms with Gasteiger partial charge < -0.3 is 5.32 Å². The van der Waals surface area contributed by atoms with Crippen molar-refractivity contribution in [2.75, 3.05) is 5.32 Å². The average molecular weight is 387 g/mol. The molecule has 0 spiro atoms. The Morgan fingerprint density at radius 2 is 1.95 bits per heavy atom. The number of amides is 1. The molecule has 0 heterocycles. The fraction of sp³-hybridized carbons (Fsp3) is 0.0714. The van der Waals surface area contributed by atoms with Crippen molar-refractivity contribution < 1.29 is 9.18 Å². The van der Waals surface area contributed by atoms with E-state index in [-0.39, 0.29) is 15.9 Å². The Morgan fingerprint density at radius 1 is 1.21 bits per heavy atom. The lowest BCUT2D eigenvalue weighted by molar-refractivity contribution is 0.102. The predicted octanol–water partition coefficient (Wildman–Crippen LogP) is 4.91. The van der Waals surface area contributed by atoms with Gasteiger partial charge in [-0.1, -0.05) is 28.1 Å². The van der Waals surface area contributed by atoms with Crippen molar-refractivity contribution in [1.29, 1.82) is 0 Å². The maximum Gasteiger partial charge on any atom is 0.256 e. The Balaban J connectivity index is 2.26. The van der Waals surface area contributed by atoms with Gasteiger partial charge >= 0.3 is 0 Å². The maximum atomic E-state index is 13.4. The SMILES string of the molecule is Cc1ccc(NC(=O)c2cccc(F)c2Br)cc1Br. The number of carbonyl (C=O) groups excluding carboxylic acids is 1. The average Bonchev–Trinajstić information content (AvgIpc) is 2.37. The van der Waals surface area contributed by atoms with E-state index in [0.29, 0.717) is 5.69 Å². The van der Waals surface area contributed by atoms with Crippen molar-refractivity contribution in [3.8, 4) is 0 Å². The molecule has 0 fully saturated rings. The summed E-state index contributed by atoms with van der Waals surface area (Å²) in [6.45, 7) is 1.96. The van der Waals surface area contributed by atoms with E-state index in [1.165, 1.54) is 12.1 Å². The first-order chi connectivity index (χ1) is 8.99. The van der Waals surface area contributed by atoms with Gasteiger partial charge in [-0.15, -0.1) is 0 Å². The summed E-state index contributed by atoms with van der Waals surface area (Å²) in [6.07, 6.45) is 0. The zero-order valence-electron chi connectivity index (χ0n) is 10.0. The monoisotopic (exact) mass is 385 g/mol. The van der Waals surface area contributed by atoms with E-state index in [9.17, 15) is 9.18 Å². The number of hydrogen-bond donors (Lipinski definition) is 1. The molecule has 0 aliphatic rings. The van der Waals surface area contributed by atoms with Crippen LogP contribution in [-0.2, 0) is 0 Å². The third-order valence-corrected chi connectivity index (χ3v) is 4.29. The Labute approximate surface area is 127 Å². The highest BCUT2D eigenvalue weighted by molar-refractivity contribution is 9.10. The van der Waals surface area contributed by atoms with Crippen LogP contribution in [0.1, 0.15) is 15.9 Å². The van der Waals surface area contributed by atoms with E-state index < -0.39 is 5.82 Å². The van der Waals surface area contributed by atoms with Gasteiger partial charge in [0.1, 0.15) is 5.82 Å². The molecule has 0 bridgehead atoms. The normalized spacial score (nSPS) is 10.3. The minimum absolute atomic E-state index is 0.165. The largest absolute Gasteiger partial charge is 0.322 e. The summed E-state index contributed by atoms with van der Waals surface area (Å²) in [5.41, 5.74) is 1.99. The number of hydrogen-bond acceptors (Lipinski definition) is 1.